The van der Waals surface area contributed by atoms with E-state index in [4.69, 9.17) is 16.3 Å². The molecule has 0 atom stereocenters. The number of aromatic nitrogens is 2. The first-order chi connectivity index (χ1) is 11.6. The molecule has 0 saturated heterocycles. The number of amides is 1. The van der Waals surface area contributed by atoms with Gasteiger partial charge in [0.05, 0.1) is 17.8 Å². The van der Waals surface area contributed by atoms with Crippen LogP contribution in [-0.4, -0.2) is 22.8 Å². The number of carbonyl (C=O) groups excluding carboxylic acids is 1. The molecule has 2 aromatic carbocycles. The lowest BCUT2D eigenvalue weighted by Crippen LogP contribution is -2.13. The van der Waals surface area contributed by atoms with E-state index in [1.54, 1.807) is 36.4 Å². The van der Waals surface area contributed by atoms with Gasteiger partial charge in [0.1, 0.15) is 17.3 Å². The third-order valence-electron chi connectivity index (χ3n) is 3.35. The fraction of sp³-hybridized carbons (Fsp3) is 0.0588. The van der Waals surface area contributed by atoms with Gasteiger partial charge in [-0.25, -0.2) is 9.07 Å². The van der Waals surface area contributed by atoms with Crippen LogP contribution in [0, 0.1) is 5.82 Å². The highest BCUT2D eigenvalue weighted by Crippen LogP contribution is 2.27. The van der Waals surface area contributed by atoms with Crippen LogP contribution < -0.4 is 10.1 Å². The van der Waals surface area contributed by atoms with Gasteiger partial charge in [0.2, 0.25) is 0 Å². The third-order valence-corrected chi connectivity index (χ3v) is 3.66. The fourth-order valence-corrected chi connectivity index (χ4v) is 2.35. The molecular weight excluding hydrogens is 333 g/mol. The van der Waals surface area contributed by atoms with E-state index in [9.17, 15) is 9.18 Å². The summed E-state index contributed by atoms with van der Waals surface area (Å²) in [5.41, 5.74) is 0.840. The van der Waals surface area contributed by atoms with Crippen LogP contribution in [0.5, 0.6) is 5.75 Å². The maximum atomic E-state index is 13.8. The quantitative estimate of drug-likeness (QED) is 0.779. The molecule has 0 fully saturated rings. The number of rotatable bonds is 4. The van der Waals surface area contributed by atoms with Crippen molar-refractivity contribution in [1.82, 2.24) is 9.78 Å². The smallest absolute Gasteiger partial charge is 0.276 e. The first kappa shape index (κ1) is 16.0. The highest BCUT2D eigenvalue weighted by atomic mass is 35.5. The molecule has 0 bridgehead atoms. The molecule has 0 spiro atoms. The Bertz CT molecular complexity index is 895. The van der Waals surface area contributed by atoms with Crippen molar-refractivity contribution in [2.45, 2.75) is 0 Å². The van der Waals surface area contributed by atoms with E-state index in [2.05, 4.69) is 10.4 Å². The average Bonchev–Trinajstić information content (AvgIpc) is 3.07. The normalized spacial score (nSPS) is 10.5. The van der Waals surface area contributed by atoms with Crippen molar-refractivity contribution in [3.63, 3.8) is 0 Å². The van der Waals surface area contributed by atoms with E-state index in [0.29, 0.717) is 16.5 Å². The van der Waals surface area contributed by atoms with Gasteiger partial charge in [-0.1, -0.05) is 23.7 Å². The number of methoxy groups -OCH3 is 1. The third kappa shape index (κ3) is 3.23. The van der Waals surface area contributed by atoms with Crippen LogP contribution in [0.4, 0.5) is 10.1 Å². The molecule has 24 heavy (non-hydrogen) atoms. The van der Waals surface area contributed by atoms with Crippen molar-refractivity contribution in [2.24, 2.45) is 0 Å². The summed E-state index contributed by atoms with van der Waals surface area (Å²) in [5, 5.41) is 7.10. The maximum Gasteiger partial charge on any atom is 0.276 e. The number of nitrogens with one attached hydrogen (secondary N) is 1. The van der Waals surface area contributed by atoms with Crippen molar-refractivity contribution >= 4 is 23.2 Å². The predicted octanol–water partition coefficient (Wildman–Crippen LogP) is 3.93. The second kappa shape index (κ2) is 6.72. The second-order valence-corrected chi connectivity index (χ2v) is 5.30. The summed E-state index contributed by atoms with van der Waals surface area (Å²) in [6, 6.07) is 12.6. The number of nitrogens with zero attached hydrogens (tertiary/aromatic N) is 2. The van der Waals surface area contributed by atoms with E-state index < -0.39 is 11.7 Å². The molecule has 3 rings (SSSR count). The zero-order chi connectivity index (χ0) is 17.1. The molecule has 5 nitrogen and oxygen atoms in total. The van der Waals surface area contributed by atoms with Crippen LogP contribution in [0.25, 0.3) is 5.69 Å². The summed E-state index contributed by atoms with van der Waals surface area (Å²) in [7, 11) is 1.53. The van der Waals surface area contributed by atoms with E-state index in [-0.39, 0.29) is 11.4 Å². The van der Waals surface area contributed by atoms with Gasteiger partial charge in [-0.05, 0) is 30.3 Å². The molecule has 0 aliphatic carbocycles. The molecule has 0 aliphatic rings. The largest absolute Gasteiger partial charge is 0.497 e. The van der Waals surface area contributed by atoms with Gasteiger partial charge < -0.3 is 10.1 Å². The topological polar surface area (TPSA) is 56.1 Å². The zero-order valence-corrected chi connectivity index (χ0v) is 13.4. The predicted molar refractivity (Wildman–Crippen MR) is 89.5 cm³/mol. The van der Waals surface area contributed by atoms with Crippen molar-refractivity contribution < 1.29 is 13.9 Å². The van der Waals surface area contributed by atoms with E-state index in [0.717, 1.165) is 0 Å². The number of halogens is 2. The van der Waals surface area contributed by atoms with Gasteiger partial charge >= 0.3 is 0 Å². The lowest BCUT2D eigenvalue weighted by atomic mass is 10.3. The number of benzene rings is 2. The molecule has 0 radical (unpaired) electrons. The Morgan fingerprint density at radius 1 is 1.25 bits per heavy atom. The van der Waals surface area contributed by atoms with E-state index in [1.165, 1.54) is 30.1 Å². The Hall–Kier alpha value is -2.86. The number of hydrogen-bond acceptors (Lipinski definition) is 3. The summed E-state index contributed by atoms with van der Waals surface area (Å²) in [6.07, 6.45) is 1.52. The molecule has 1 heterocycles. The van der Waals surface area contributed by atoms with Crippen LogP contribution in [0.15, 0.2) is 54.7 Å². The fourth-order valence-electron chi connectivity index (χ4n) is 2.13. The summed E-state index contributed by atoms with van der Waals surface area (Å²) < 4.78 is 20.1. The summed E-state index contributed by atoms with van der Waals surface area (Å²) in [4.78, 5) is 12.3. The van der Waals surface area contributed by atoms with Crippen molar-refractivity contribution in [3.8, 4) is 11.4 Å². The van der Waals surface area contributed by atoms with Gasteiger partial charge in [0, 0.05) is 12.3 Å². The molecule has 1 aromatic heterocycles. The first-order valence-electron chi connectivity index (χ1n) is 7.04. The molecule has 3 aromatic rings. The first-order valence-corrected chi connectivity index (χ1v) is 7.42. The number of hydrogen-bond donors (Lipinski definition) is 1. The van der Waals surface area contributed by atoms with Crippen molar-refractivity contribution in [2.75, 3.05) is 12.4 Å². The minimum Gasteiger partial charge on any atom is -0.497 e. The van der Waals surface area contributed by atoms with E-state index in [1.807, 2.05) is 0 Å². The molecule has 7 heteroatoms. The van der Waals surface area contributed by atoms with Crippen molar-refractivity contribution in [1.29, 1.82) is 0 Å². The number of anilines is 1. The van der Waals surface area contributed by atoms with Gasteiger partial charge in [0.15, 0.2) is 5.69 Å². The minimum atomic E-state index is -0.447. The van der Waals surface area contributed by atoms with Crippen LogP contribution in [0.1, 0.15) is 10.5 Å². The highest BCUT2D eigenvalue weighted by Gasteiger charge is 2.13. The number of carbonyl (C=O) groups is 1. The minimum absolute atomic E-state index is 0.144. The van der Waals surface area contributed by atoms with E-state index >= 15 is 0 Å². The SMILES string of the molecule is COc1ccc(NC(=O)c2ccn(-c3ccccc3F)n2)c(Cl)c1. The lowest BCUT2D eigenvalue weighted by molar-refractivity contribution is 0.102. The lowest BCUT2D eigenvalue weighted by Gasteiger charge is -2.07. The Balaban J connectivity index is 1.81. The summed E-state index contributed by atoms with van der Waals surface area (Å²) in [5.74, 6) is -0.287. The van der Waals surface area contributed by atoms with Crippen LogP contribution in [0.3, 0.4) is 0 Å². The maximum absolute atomic E-state index is 13.8. The molecule has 1 amide bonds. The molecule has 0 saturated carbocycles. The Kier molecular flexibility index (Phi) is 4.48. The number of para-hydroxylation sites is 1. The second-order valence-electron chi connectivity index (χ2n) is 4.90. The molecule has 0 aliphatic heterocycles. The van der Waals surface area contributed by atoms with Crippen LogP contribution in [0.2, 0.25) is 5.02 Å². The highest BCUT2D eigenvalue weighted by molar-refractivity contribution is 6.34. The van der Waals surface area contributed by atoms with Crippen LogP contribution in [-0.2, 0) is 0 Å². The Labute approximate surface area is 142 Å². The summed E-state index contributed by atoms with van der Waals surface area (Å²) in [6.45, 7) is 0. The molecular formula is C17H13ClFN3O2. The molecule has 0 unspecified atom stereocenters. The zero-order valence-electron chi connectivity index (χ0n) is 12.7. The van der Waals surface area contributed by atoms with Gasteiger partial charge in [0.25, 0.3) is 5.91 Å². The Morgan fingerprint density at radius 3 is 2.75 bits per heavy atom. The standard InChI is InChI=1S/C17H13ClFN3O2/c1-24-11-6-7-14(12(18)10-11)20-17(23)15-8-9-22(21-15)16-5-3-2-4-13(16)19/h2-10H,1H3,(H,20,23). The Morgan fingerprint density at radius 2 is 2.04 bits per heavy atom. The number of ether oxygens (including phenoxy) is 1. The molecule has 1 N–H and O–H groups in total. The van der Waals surface area contributed by atoms with Gasteiger partial charge in [-0.3, -0.25) is 4.79 Å². The van der Waals surface area contributed by atoms with Gasteiger partial charge in [-0.15, -0.1) is 0 Å². The summed E-state index contributed by atoms with van der Waals surface area (Å²) >= 11 is 6.09. The van der Waals surface area contributed by atoms with Gasteiger partial charge in [-0.2, -0.15) is 5.10 Å². The van der Waals surface area contributed by atoms with Crippen LogP contribution >= 0.6 is 11.6 Å². The molecule has 122 valence electrons. The monoisotopic (exact) mass is 345 g/mol. The average molecular weight is 346 g/mol. The van der Waals surface area contributed by atoms with Crippen molar-refractivity contribution in [3.05, 3.63) is 71.3 Å².